The number of carbonyl (C=O) groups excluding carboxylic acids is 1. The van der Waals surface area contributed by atoms with E-state index in [-0.39, 0.29) is 24.5 Å². The molecule has 0 aliphatic carbocycles. The first-order chi connectivity index (χ1) is 9.13. The van der Waals surface area contributed by atoms with Crippen molar-refractivity contribution in [3.8, 4) is 0 Å². The molecule has 0 saturated carbocycles. The second-order valence-corrected chi connectivity index (χ2v) is 5.28. The summed E-state index contributed by atoms with van der Waals surface area (Å²) in [5.74, 6) is -0.139. The Morgan fingerprint density at radius 2 is 2.05 bits per heavy atom. The fourth-order valence-electron chi connectivity index (χ4n) is 2.57. The molecule has 104 valence electrons. The van der Waals surface area contributed by atoms with Crippen LogP contribution in [0.5, 0.6) is 0 Å². The summed E-state index contributed by atoms with van der Waals surface area (Å²) in [7, 11) is 0. The number of rotatable bonds is 3. The fourth-order valence-corrected chi connectivity index (χ4v) is 2.57. The van der Waals surface area contributed by atoms with Gasteiger partial charge in [-0.1, -0.05) is 30.3 Å². The molecule has 3 atom stereocenters. The molecule has 0 spiro atoms. The van der Waals surface area contributed by atoms with Gasteiger partial charge in [0.2, 0.25) is 0 Å². The fraction of sp³-hybridized carbons (Fsp3) is 0.533. The van der Waals surface area contributed by atoms with E-state index in [0.717, 1.165) is 12.8 Å². The number of carbonyl (C=O) groups is 1. The van der Waals surface area contributed by atoms with Crippen molar-refractivity contribution in [1.29, 1.82) is 0 Å². The predicted molar refractivity (Wildman–Crippen MR) is 72.4 cm³/mol. The summed E-state index contributed by atoms with van der Waals surface area (Å²) in [6.07, 6.45) is 0.697. The minimum absolute atomic E-state index is 0.0952. The summed E-state index contributed by atoms with van der Waals surface area (Å²) in [6.45, 7) is 2.61. The second kappa shape index (κ2) is 6.17. The van der Waals surface area contributed by atoms with Crippen LogP contribution >= 0.6 is 0 Å². The Balaban J connectivity index is 2.09. The second-order valence-electron chi connectivity index (χ2n) is 5.28. The normalized spacial score (nSPS) is 25.1. The van der Waals surface area contributed by atoms with Crippen molar-refractivity contribution in [3.05, 3.63) is 35.9 Å². The highest BCUT2D eigenvalue weighted by Crippen LogP contribution is 2.25. The minimum Gasteiger partial charge on any atom is -0.396 e. The van der Waals surface area contributed by atoms with E-state index in [9.17, 15) is 15.0 Å². The molecule has 0 bridgehead atoms. The number of aliphatic hydroxyl groups excluding tert-OH is 2. The summed E-state index contributed by atoms with van der Waals surface area (Å²) in [4.78, 5) is 14.1. The molecule has 1 heterocycles. The summed E-state index contributed by atoms with van der Waals surface area (Å²) in [6, 6.07) is 9.09. The first kappa shape index (κ1) is 14.0. The smallest absolute Gasteiger partial charge is 0.256 e. The van der Waals surface area contributed by atoms with Crippen molar-refractivity contribution in [2.45, 2.75) is 31.9 Å². The van der Waals surface area contributed by atoms with Gasteiger partial charge in [0, 0.05) is 19.2 Å². The Morgan fingerprint density at radius 3 is 2.68 bits per heavy atom. The lowest BCUT2D eigenvalue weighted by atomic mass is 9.93. The SMILES string of the molecule is CC1CCC(CO)CN1C(=O)[C@H](O)c1ccccc1. The van der Waals surface area contributed by atoms with Crippen molar-refractivity contribution in [3.63, 3.8) is 0 Å². The Hall–Kier alpha value is -1.39. The molecule has 1 fully saturated rings. The molecule has 2 N–H and O–H groups in total. The standard InChI is InChI=1S/C15H21NO3/c1-11-7-8-12(10-17)9-16(11)15(19)14(18)13-5-3-2-4-6-13/h2-6,11-12,14,17-18H,7-10H2,1H3/t11?,12?,14-/m1/s1. The molecule has 1 saturated heterocycles. The molecule has 1 amide bonds. The molecule has 4 nitrogen and oxygen atoms in total. The first-order valence-electron chi connectivity index (χ1n) is 6.77. The first-order valence-corrected chi connectivity index (χ1v) is 6.77. The summed E-state index contributed by atoms with van der Waals surface area (Å²) in [5, 5.41) is 19.4. The third-order valence-electron chi connectivity index (χ3n) is 3.87. The van der Waals surface area contributed by atoms with Crippen LogP contribution in [0, 0.1) is 5.92 Å². The third-order valence-corrected chi connectivity index (χ3v) is 3.87. The van der Waals surface area contributed by atoms with Crippen LogP contribution in [0.25, 0.3) is 0 Å². The van der Waals surface area contributed by atoms with Crippen molar-refractivity contribution < 1.29 is 15.0 Å². The lowest BCUT2D eigenvalue weighted by Gasteiger charge is -2.38. The van der Waals surface area contributed by atoms with Crippen LogP contribution in [0.1, 0.15) is 31.4 Å². The number of benzene rings is 1. The molecule has 1 aliphatic rings. The van der Waals surface area contributed by atoms with Gasteiger partial charge in [-0.25, -0.2) is 0 Å². The van der Waals surface area contributed by atoms with E-state index in [4.69, 9.17) is 0 Å². The van der Waals surface area contributed by atoms with Gasteiger partial charge in [0.15, 0.2) is 6.10 Å². The topological polar surface area (TPSA) is 60.8 Å². The van der Waals surface area contributed by atoms with Gasteiger partial charge in [0.25, 0.3) is 5.91 Å². The van der Waals surface area contributed by atoms with Crippen LogP contribution in [0.3, 0.4) is 0 Å². The number of piperidine rings is 1. The van der Waals surface area contributed by atoms with Gasteiger partial charge in [-0.2, -0.15) is 0 Å². The lowest BCUT2D eigenvalue weighted by Crippen LogP contribution is -2.48. The zero-order valence-corrected chi connectivity index (χ0v) is 11.2. The molecule has 0 aromatic heterocycles. The summed E-state index contributed by atoms with van der Waals surface area (Å²) in [5.41, 5.74) is 0.617. The van der Waals surface area contributed by atoms with E-state index >= 15 is 0 Å². The van der Waals surface area contributed by atoms with E-state index in [1.807, 2.05) is 25.1 Å². The number of likely N-dealkylation sites (tertiary alicyclic amines) is 1. The maximum atomic E-state index is 12.4. The number of hydrogen-bond donors (Lipinski definition) is 2. The van der Waals surface area contributed by atoms with Gasteiger partial charge in [-0.15, -0.1) is 0 Å². The van der Waals surface area contributed by atoms with Crippen LogP contribution in [-0.4, -0.2) is 40.2 Å². The average molecular weight is 263 g/mol. The van der Waals surface area contributed by atoms with Crippen molar-refractivity contribution in [1.82, 2.24) is 4.90 Å². The molecule has 19 heavy (non-hydrogen) atoms. The highest BCUT2D eigenvalue weighted by atomic mass is 16.3. The van der Waals surface area contributed by atoms with Crippen LogP contribution in [0.4, 0.5) is 0 Å². The highest BCUT2D eigenvalue weighted by Gasteiger charge is 2.32. The average Bonchev–Trinajstić information content (AvgIpc) is 2.47. The number of hydrogen-bond acceptors (Lipinski definition) is 3. The lowest BCUT2D eigenvalue weighted by molar-refractivity contribution is -0.145. The molecule has 2 unspecified atom stereocenters. The Morgan fingerprint density at radius 1 is 1.37 bits per heavy atom. The van der Waals surface area contributed by atoms with Gasteiger partial charge < -0.3 is 15.1 Å². The molecular weight excluding hydrogens is 242 g/mol. The van der Waals surface area contributed by atoms with Crippen molar-refractivity contribution >= 4 is 5.91 Å². The predicted octanol–water partition coefficient (Wildman–Crippen LogP) is 1.34. The van der Waals surface area contributed by atoms with Crippen molar-refractivity contribution in [2.75, 3.05) is 13.2 Å². The Labute approximate surface area is 113 Å². The monoisotopic (exact) mass is 263 g/mol. The van der Waals surface area contributed by atoms with Gasteiger partial charge in [0.1, 0.15) is 0 Å². The zero-order chi connectivity index (χ0) is 13.8. The van der Waals surface area contributed by atoms with Crippen LogP contribution < -0.4 is 0 Å². The van der Waals surface area contributed by atoms with Gasteiger partial charge >= 0.3 is 0 Å². The summed E-state index contributed by atoms with van der Waals surface area (Å²) < 4.78 is 0. The highest BCUT2D eigenvalue weighted by molar-refractivity contribution is 5.82. The molecule has 0 radical (unpaired) electrons. The van der Waals surface area contributed by atoms with E-state index in [1.165, 1.54) is 0 Å². The maximum absolute atomic E-state index is 12.4. The van der Waals surface area contributed by atoms with Crippen LogP contribution in [-0.2, 0) is 4.79 Å². The number of amides is 1. The molecule has 2 rings (SSSR count). The van der Waals surface area contributed by atoms with E-state index in [0.29, 0.717) is 12.1 Å². The van der Waals surface area contributed by atoms with Gasteiger partial charge in [-0.3, -0.25) is 4.79 Å². The summed E-state index contributed by atoms with van der Waals surface area (Å²) >= 11 is 0. The Kier molecular flexibility index (Phi) is 4.56. The van der Waals surface area contributed by atoms with Gasteiger partial charge in [0.05, 0.1) is 0 Å². The maximum Gasteiger partial charge on any atom is 0.256 e. The molecule has 4 heteroatoms. The molecule has 1 aromatic carbocycles. The van der Waals surface area contributed by atoms with E-state index in [1.54, 1.807) is 17.0 Å². The van der Waals surface area contributed by atoms with Crippen LogP contribution in [0.2, 0.25) is 0 Å². The Bertz CT molecular complexity index is 421. The van der Waals surface area contributed by atoms with E-state index < -0.39 is 6.10 Å². The minimum atomic E-state index is -1.11. The van der Waals surface area contributed by atoms with Crippen molar-refractivity contribution in [2.24, 2.45) is 5.92 Å². The molecule has 1 aromatic rings. The zero-order valence-electron chi connectivity index (χ0n) is 11.2. The van der Waals surface area contributed by atoms with Crippen LogP contribution in [0.15, 0.2) is 30.3 Å². The quantitative estimate of drug-likeness (QED) is 0.865. The molecular formula is C15H21NO3. The third kappa shape index (κ3) is 3.14. The van der Waals surface area contributed by atoms with E-state index in [2.05, 4.69) is 0 Å². The van der Waals surface area contributed by atoms with Gasteiger partial charge in [-0.05, 0) is 31.2 Å². The molecule has 1 aliphatic heterocycles. The number of aliphatic hydroxyl groups is 2. The number of nitrogens with zero attached hydrogens (tertiary/aromatic N) is 1. The largest absolute Gasteiger partial charge is 0.396 e.